The summed E-state index contributed by atoms with van der Waals surface area (Å²) in [6.45, 7) is 8.51. The van der Waals surface area contributed by atoms with Crippen molar-refractivity contribution in [2.24, 2.45) is 16.1 Å². The Balaban J connectivity index is 1.74. The molecule has 1 fully saturated rings. The predicted octanol–water partition coefficient (Wildman–Crippen LogP) is 5.37. The first-order chi connectivity index (χ1) is 12.2. The summed E-state index contributed by atoms with van der Waals surface area (Å²) in [7, 11) is 0. The van der Waals surface area contributed by atoms with Gasteiger partial charge >= 0.3 is 6.18 Å². The van der Waals surface area contributed by atoms with Crippen LogP contribution >= 0.6 is 0 Å². The van der Waals surface area contributed by atoms with Crippen LogP contribution in [0.25, 0.3) is 4.85 Å². The highest BCUT2D eigenvalue weighted by Crippen LogP contribution is 2.40. The summed E-state index contributed by atoms with van der Waals surface area (Å²) < 4.78 is 39.2. The largest absolute Gasteiger partial charge is 0.407 e. The average molecular weight is 364 g/mol. The second-order valence-electron chi connectivity index (χ2n) is 7.10. The summed E-state index contributed by atoms with van der Waals surface area (Å²) in [5.74, 6) is -0.0476. The molecule has 8 heteroatoms. The molecular formula is C18H19F3N4O. The number of hydrogen-bond acceptors (Lipinski definition) is 3. The molecule has 0 spiro atoms. The van der Waals surface area contributed by atoms with E-state index < -0.39 is 28.9 Å². The molecule has 138 valence electrons. The number of hydrogen-bond donors (Lipinski definition) is 1. The van der Waals surface area contributed by atoms with E-state index in [1.807, 2.05) is 0 Å². The van der Waals surface area contributed by atoms with Gasteiger partial charge in [-0.05, 0) is 37.8 Å². The lowest BCUT2D eigenvalue weighted by atomic mass is 9.87. The van der Waals surface area contributed by atoms with Crippen LogP contribution in [0.1, 0.15) is 44.6 Å². The number of nitrogens with zero attached hydrogens (tertiary/aromatic N) is 3. The smallest absolute Gasteiger partial charge is 0.324 e. The van der Waals surface area contributed by atoms with Gasteiger partial charge in [-0.25, -0.2) is 4.85 Å². The van der Waals surface area contributed by atoms with Crippen LogP contribution in [0.3, 0.4) is 0 Å². The maximum atomic E-state index is 13.1. The average Bonchev–Trinajstić information content (AvgIpc) is 3.24. The van der Waals surface area contributed by atoms with Gasteiger partial charge in [0.15, 0.2) is 11.2 Å². The summed E-state index contributed by atoms with van der Waals surface area (Å²) >= 11 is 0. The van der Waals surface area contributed by atoms with Crippen molar-refractivity contribution in [3.63, 3.8) is 0 Å². The fourth-order valence-electron chi connectivity index (χ4n) is 3.64. The van der Waals surface area contributed by atoms with Crippen LogP contribution in [0.15, 0.2) is 28.4 Å². The van der Waals surface area contributed by atoms with Crippen LogP contribution in [0.5, 0.6) is 0 Å². The molecule has 3 rings (SSSR count). The Hall–Kier alpha value is -2.43. The summed E-state index contributed by atoms with van der Waals surface area (Å²) in [5, 5.41) is 10.9. The minimum Gasteiger partial charge on any atom is -0.324 e. The summed E-state index contributed by atoms with van der Waals surface area (Å²) in [6, 6.07) is 3.15. The van der Waals surface area contributed by atoms with Crippen molar-refractivity contribution in [3.8, 4) is 0 Å². The van der Waals surface area contributed by atoms with E-state index in [-0.39, 0.29) is 11.7 Å². The number of nitrogens with one attached hydrogen (secondary N) is 1. The van der Waals surface area contributed by atoms with Gasteiger partial charge in [0.2, 0.25) is 0 Å². The van der Waals surface area contributed by atoms with Crippen LogP contribution in [-0.4, -0.2) is 17.5 Å². The number of anilines is 1. The van der Waals surface area contributed by atoms with E-state index in [4.69, 9.17) is 6.57 Å². The fraction of sp³-hybridized carbons (Fsp3) is 0.556. The molecule has 0 aromatic heterocycles. The van der Waals surface area contributed by atoms with E-state index in [9.17, 15) is 18.0 Å². The highest BCUT2D eigenvalue weighted by atomic mass is 19.4. The van der Waals surface area contributed by atoms with Gasteiger partial charge < -0.3 is 5.32 Å². The van der Waals surface area contributed by atoms with Gasteiger partial charge in [0.25, 0.3) is 5.91 Å². The number of azo groups is 1. The summed E-state index contributed by atoms with van der Waals surface area (Å²) in [6.07, 6.45) is 0.282. The Morgan fingerprint density at radius 3 is 2.65 bits per heavy atom. The van der Waals surface area contributed by atoms with E-state index in [2.05, 4.69) is 20.4 Å². The molecule has 0 bridgehead atoms. The van der Waals surface area contributed by atoms with Crippen molar-refractivity contribution in [3.05, 3.63) is 35.2 Å². The molecule has 1 saturated carbocycles. The molecule has 1 amide bonds. The minimum atomic E-state index is -4.66. The van der Waals surface area contributed by atoms with Gasteiger partial charge in [-0.1, -0.05) is 18.9 Å². The summed E-state index contributed by atoms with van der Waals surface area (Å²) in [4.78, 5) is 15.5. The van der Waals surface area contributed by atoms with Crippen molar-refractivity contribution in [2.75, 3.05) is 5.32 Å². The van der Waals surface area contributed by atoms with E-state index in [0.29, 0.717) is 12.3 Å². The number of halogens is 3. The Morgan fingerprint density at radius 1 is 1.35 bits per heavy atom. The lowest BCUT2D eigenvalue weighted by Crippen LogP contribution is -2.38. The van der Waals surface area contributed by atoms with Gasteiger partial charge in [-0.2, -0.15) is 23.4 Å². The van der Waals surface area contributed by atoms with Gasteiger partial charge in [0, 0.05) is 12.1 Å². The Bertz CT molecular complexity index is 778. The zero-order chi connectivity index (χ0) is 18.9. The molecule has 0 saturated heterocycles. The standard InChI is InChI=1S/C18H19F3N4O/c1-17(10-15(24-25-17)11-5-3-4-6-11)16(26)23-12-7-8-14(22-2)13(9-12)18(19,20)21/h7-9,11,15H,3-6,10H2,1H3,(H,23,26). The highest BCUT2D eigenvalue weighted by Gasteiger charge is 2.43. The van der Waals surface area contributed by atoms with Crippen LogP contribution in [0.4, 0.5) is 24.5 Å². The number of alkyl halides is 3. The first kappa shape index (κ1) is 18.4. The van der Waals surface area contributed by atoms with Crippen LogP contribution in [0.2, 0.25) is 0 Å². The van der Waals surface area contributed by atoms with Crippen LogP contribution < -0.4 is 5.32 Å². The first-order valence-electron chi connectivity index (χ1n) is 8.55. The maximum absolute atomic E-state index is 13.1. The molecule has 2 unspecified atom stereocenters. The Morgan fingerprint density at radius 2 is 2.04 bits per heavy atom. The van der Waals surface area contributed by atoms with E-state index >= 15 is 0 Å². The molecule has 0 radical (unpaired) electrons. The molecule has 1 heterocycles. The van der Waals surface area contributed by atoms with Gasteiger partial charge in [0.1, 0.15) is 0 Å². The third-order valence-electron chi connectivity index (χ3n) is 5.15. The molecule has 2 atom stereocenters. The topological polar surface area (TPSA) is 58.2 Å². The third-order valence-corrected chi connectivity index (χ3v) is 5.15. The molecule has 1 aromatic carbocycles. The Labute approximate surface area is 149 Å². The molecule has 5 nitrogen and oxygen atoms in total. The SMILES string of the molecule is [C-]#[N+]c1ccc(NC(=O)C2(C)CC(C3CCCC3)N=N2)cc1C(F)(F)F. The molecule has 2 aliphatic rings. The first-order valence-corrected chi connectivity index (χ1v) is 8.55. The van der Waals surface area contributed by atoms with Crippen molar-refractivity contribution in [1.82, 2.24) is 0 Å². The monoisotopic (exact) mass is 364 g/mol. The maximum Gasteiger partial charge on any atom is 0.407 e. The second-order valence-corrected chi connectivity index (χ2v) is 7.10. The van der Waals surface area contributed by atoms with E-state index in [1.54, 1.807) is 6.92 Å². The van der Waals surface area contributed by atoms with E-state index in [0.717, 1.165) is 37.8 Å². The molecule has 1 aromatic rings. The fourth-order valence-corrected chi connectivity index (χ4v) is 3.64. The third kappa shape index (κ3) is 3.57. The van der Waals surface area contributed by atoms with Crippen LogP contribution in [0, 0.1) is 12.5 Å². The predicted molar refractivity (Wildman–Crippen MR) is 90.0 cm³/mol. The van der Waals surface area contributed by atoms with Gasteiger partial charge in [-0.3, -0.25) is 4.79 Å². The lowest BCUT2D eigenvalue weighted by molar-refractivity contribution is -0.136. The summed E-state index contributed by atoms with van der Waals surface area (Å²) in [5.41, 5.74) is -2.64. The number of benzene rings is 1. The Kier molecular flexibility index (Phi) is 4.74. The van der Waals surface area contributed by atoms with Crippen molar-refractivity contribution >= 4 is 17.3 Å². The second kappa shape index (κ2) is 6.71. The van der Waals surface area contributed by atoms with E-state index in [1.165, 1.54) is 6.07 Å². The normalized spacial score (nSPS) is 26.0. The van der Waals surface area contributed by atoms with Gasteiger partial charge in [-0.15, -0.1) is 0 Å². The number of amides is 1. The minimum absolute atomic E-state index is 0.00322. The van der Waals surface area contributed by atoms with Crippen molar-refractivity contribution < 1.29 is 18.0 Å². The molecule has 1 aliphatic carbocycles. The van der Waals surface area contributed by atoms with Crippen molar-refractivity contribution in [1.29, 1.82) is 0 Å². The molecular weight excluding hydrogens is 345 g/mol. The highest BCUT2D eigenvalue weighted by molar-refractivity contribution is 5.98. The lowest BCUT2D eigenvalue weighted by Gasteiger charge is -2.21. The quantitative estimate of drug-likeness (QED) is 0.721. The zero-order valence-electron chi connectivity index (χ0n) is 14.3. The van der Waals surface area contributed by atoms with Gasteiger partial charge in [0.05, 0.1) is 18.2 Å². The molecule has 26 heavy (non-hydrogen) atoms. The number of rotatable bonds is 3. The molecule has 1 N–H and O–H groups in total. The van der Waals surface area contributed by atoms with Crippen molar-refractivity contribution in [2.45, 2.75) is 56.8 Å². The number of carbonyl (C=O) groups is 1. The van der Waals surface area contributed by atoms with Crippen LogP contribution in [-0.2, 0) is 11.0 Å². The number of carbonyl (C=O) groups excluding carboxylic acids is 1. The molecule has 1 aliphatic heterocycles. The zero-order valence-corrected chi connectivity index (χ0v) is 14.3.